The highest BCUT2D eigenvalue weighted by molar-refractivity contribution is 6.31. The summed E-state index contributed by atoms with van der Waals surface area (Å²) in [7, 11) is 0. The van der Waals surface area contributed by atoms with Crippen molar-refractivity contribution in [1.29, 1.82) is 0 Å². The first-order chi connectivity index (χ1) is 14.3. The Morgan fingerprint density at radius 1 is 1.30 bits per heavy atom. The highest BCUT2D eigenvalue weighted by Gasteiger charge is 2.16. The van der Waals surface area contributed by atoms with E-state index in [2.05, 4.69) is 42.0 Å². The molecule has 2 aromatic heterocycles. The number of ether oxygens (including phenoxy) is 1. The Bertz CT molecular complexity index is 1260. The number of rotatable bonds is 4. The van der Waals surface area contributed by atoms with Crippen molar-refractivity contribution in [3.05, 3.63) is 75.8 Å². The van der Waals surface area contributed by atoms with Gasteiger partial charge in [-0.25, -0.2) is 9.37 Å². The summed E-state index contributed by atoms with van der Waals surface area (Å²) in [6, 6.07) is 6.06. The lowest BCUT2D eigenvalue weighted by atomic mass is 10.0. The molecule has 1 aromatic carbocycles. The Morgan fingerprint density at radius 3 is 2.90 bits per heavy atom. The Morgan fingerprint density at radius 2 is 2.10 bits per heavy atom. The second-order valence-corrected chi connectivity index (χ2v) is 7.95. The van der Waals surface area contributed by atoms with Crippen LogP contribution in [-0.2, 0) is 0 Å². The lowest BCUT2D eigenvalue weighted by molar-refractivity contribution is 0.227. The second kappa shape index (κ2) is 8.00. The van der Waals surface area contributed by atoms with Crippen molar-refractivity contribution < 1.29 is 9.13 Å². The number of pyridine rings is 1. The highest BCUT2D eigenvalue weighted by Crippen LogP contribution is 2.32. The average Bonchev–Trinajstić information content (AvgIpc) is 3.08. The molecule has 0 saturated carbocycles. The molecule has 0 fully saturated rings. The molecule has 0 saturated heterocycles. The van der Waals surface area contributed by atoms with Gasteiger partial charge in [0.15, 0.2) is 11.6 Å². The van der Waals surface area contributed by atoms with Crippen LogP contribution in [0.2, 0.25) is 5.02 Å². The number of nitrogens with two attached hydrogens (primary N) is 1. The van der Waals surface area contributed by atoms with Gasteiger partial charge in [-0.3, -0.25) is 0 Å². The van der Waals surface area contributed by atoms with Gasteiger partial charge in [0.25, 0.3) is 0 Å². The monoisotopic (exact) mass is 423 g/mol. The minimum atomic E-state index is -0.498. The van der Waals surface area contributed by atoms with Crippen molar-refractivity contribution in [3.8, 4) is 16.9 Å². The zero-order valence-electron chi connectivity index (χ0n) is 17.0. The van der Waals surface area contributed by atoms with Crippen molar-refractivity contribution in [2.75, 3.05) is 5.73 Å². The smallest absolute Gasteiger partial charge is 0.166 e. The van der Waals surface area contributed by atoms with Crippen LogP contribution in [0.1, 0.15) is 32.4 Å². The normalized spacial score (nSPS) is 16.6. The van der Waals surface area contributed by atoms with Gasteiger partial charge < -0.3 is 15.5 Å². The number of benzene rings is 1. The third-order valence-corrected chi connectivity index (χ3v) is 5.90. The Hall–Kier alpha value is -3.05. The molecule has 6 heteroatoms. The molecule has 154 valence electrons. The molecular formula is C24H23ClFN3O. The van der Waals surface area contributed by atoms with Crippen LogP contribution in [-0.4, -0.2) is 9.97 Å². The topological polar surface area (TPSA) is 63.9 Å². The van der Waals surface area contributed by atoms with Gasteiger partial charge in [-0.1, -0.05) is 36.8 Å². The Balaban J connectivity index is 1.74. The maximum atomic E-state index is 13.7. The number of H-pyrrole nitrogens is 1. The standard InChI is InChI=1S/C24H23ClFN3O/c1-13-5-4-6-18-20(12-28-23(18)14(13)2)16-9-22(24(27)29-11-16)30-15(3)19-10-17(26)7-8-21(19)25/h4-13,15,28H,1-3H3,(H2,27,29). The molecule has 3 aromatic rings. The van der Waals surface area contributed by atoms with Gasteiger partial charge in [-0.2, -0.15) is 0 Å². The summed E-state index contributed by atoms with van der Waals surface area (Å²) in [5, 5.41) is 2.65. The Kier molecular flexibility index (Phi) is 5.39. The van der Waals surface area contributed by atoms with Crippen molar-refractivity contribution >= 4 is 29.1 Å². The van der Waals surface area contributed by atoms with Crippen molar-refractivity contribution in [2.24, 2.45) is 5.92 Å². The summed E-state index contributed by atoms with van der Waals surface area (Å²) in [5.41, 5.74) is 9.78. The first-order valence-corrected chi connectivity index (χ1v) is 10.2. The van der Waals surface area contributed by atoms with Crippen LogP contribution in [0.3, 0.4) is 0 Å². The molecule has 2 atom stereocenters. The molecular weight excluding hydrogens is 401 g/mol. The number of hydrogen-bond donors (Lipinski definition) is 2. The number of aromatic nitrogens is 2. The van der Waals surface area contributed by atoms with Crippen LogP contribution in [0.15, 0.2) is 48.8 Å². The van der Waals surface area contributed by atoms with Gasteiger partial charge >= 0.3 is 0 Å². The number of hydrogen-bond acceptors (Lipinski definition) is 3. The highest BCUT2D eigenvalue weighted by atomic mass is 35.5. The van der Waals surface area contributed by atoms with Gasteiger partial charge in [0.2, 0.25) is 0 Å². The van der Waals surface area contributed by atoms with E-state index in [9.17, 15) is 4.39 Å². The largest absolute Gasteiger partial charge is 0.482 e. The molecule has 1 aliphatic carbocycles. The predicted molar refractivity (Wildman–Crippen MR) is 120 cm³/mol. The van der Waals surface area contributed by atoms with Gasteiger partial charge in [0, 0.05) is 44.7 Å². The van der Waals surface area contributed by atoms with Crippen molar-refractivity contribution in [1.82, 2.24) is 9.97 Å². The van der Waals surface area contributed by atoms with E-state index in [0.717, 1.165) is 21.7 Å². The minimum absolute atomic E-state index is 0.264. The number of halogens is 2. The van der Waals surface area contributed by atoms with Crippen LogP contribution >= 0.6 is 11.6 Å². The molecule has 4 nitrogen and oxygen atoms in total. The first-order valence-electron chi connectivity index (χ1n) is 9.79. The van der Waals surface area contributed by atoms with E-state index in [-0.39, 0.29) is 11.6 Å². The van der Waals surface area contributed by atoms with Gasteiger partial charge in [-0.15, -0.1) is 0 Å². The summed E-state index contributed by atoms with van der Waals surface area (Å²) in [6.45, 7) is 6.10. The van der Waals surface area contributed by atoms with Crippen LogP contribution in [0.5, 0.6) is 5.75 Å². The number of aromatic amines is 1. The maximum Gasteiger partial charge on any atom is 0.166 e. The maximum absolute atomic E-state index is 13.7. The number of nitrogens with one attached hydrogen (secondary N) is 1. The van der Waals surface area contributed by atoms with E-state index >= 15 is 0 Å². The summed E-state index contributed by atoms with van der Waals surface area (Å²) in [6.07, 6.45) is 9.55. The third kappa shape index (κ3) is 3.73. The first kappa shape index (κ1) is 20.2. The van der Waals surface area contributed by atoms with E-state index in [1.54, 1.807) is 13.1 Å². The lowest BCUT2D eigenvalue weighted by Crippen LogP contribution is -2.26. The summed E-state index contributed by atoms with van der Waals surface area (Å²) in [4.78, 5) is 7.71. The number of fused-ring (bicyclic) bond motifs is 1. The number of nitrogens with zero attached hydrogens (tertiary/aromatic N) is 1. The fourth-order valence-electron chi connectivity index (χ4n) is 3.64. The fourth-order valence-corrected chi connectivity index (χ4v) is 3.91. The van der Waals surface area contributed by atoms with E-state index in [1.165, 1.54) is 23.8 Å². The number of anilines is 1. The van der Waals surface area contributed by atoms with Crippen LogP contribution in [0.25, 0.3) is 22.8 Å². The summed E-state index contributed by atoms with van der Waals surface area (Å²) >= 11 is 6.22. The molecule has 2 heterocycles. The fraction of sp³-hybridized carbons (Fsp3) is 0.208. The third-order valence-electron chi connectivity index (χ3n) is 5.55. The molecule has 0 radical (unpaired) electrons. The summed E-state index contributed by atoms with van der Waals surface area (Å²) in [5.74, 6) is 0.673. The number of allylic oxidation sites excluding steroid dienone is 2. The predicted octanol–water partition coefficient (Wildman–Crippen LogP) is 4.75. The molecule has 4 rings (SSSR count). The van der Waals surface area contributed by atoms with Crippen molar-refractivity contribution in [3.63, 3.8) is 0 Å². The van der Waals surface area contributed by atoms with E-state index in [4.69, 9.17) is 22.1 Å². The van der Waals surface area contributed by atoms with E-state index in [0.29, 0.717) is 22.3 Å². The molecule has 0 aliphatic heterocycles. The zero-order chi connectivity index (χ0) is 21.4. The Labute approximate surface area is 179 Å². The summed E-state index contributed by atoms with van der Waals surface area (Å²) < 4.78 is 19.7. The zero-order valence-corrected chi connectivity index (χ0v) is 17.8. The quantitative estimate of drug-likeness (QED) is 0.636. The van der Waals surface area contributed by atoms with E-state index in [1.807, 2.05) is 12.3 Å². The molecule has 1 aliphatic rings. The molecule has 2 unspecified atom stereocenters. The average molecular weight is 424 g/mol. The van der Waals surface area contributed by atoms with Crippen LogP contribution < -0.4 is 21.0 Å². The van der Waals surface area contributed by atoms with Gasteiger partial charge in [0.1, 0.15) is 11.9 Å². The second-order valence-electron chi connectivity index (χ2n) is 7.55. The molecule has 0 spiro atoms. The minimum Gasteiger partial charge on any atom is -0.482 e. The molecule has 30 heavy (non-hydrogen) atoms. The van der Waals surface area contributed by atoms with E-state index < -0.39 is 6.10 Å². The van der Waals surface area contributed by atoms with Gasteiger partial charge in [-0.05, 0) is 49.6 Å². The van der Waals surface area contributed by atoms with Crippen molar-refractivity contribution in [2.45, 2.75) is 26.9 Å². The number of nitrogen functional groups attached to an aromatic ring is 1. The SMILES string of the molecule is CC1=c2[nH]cc(-c3cnc(N)c(OC(C)c4cc(F)ccc4Cl)c3)c2=CC=CC1C. The molecule has 0 amide bonds. The van der Waals surface area contributed by atoms with Crippen LogP contribution in [0, 0.1) is 11.7 Å². The molecule has 3 N–H and O–H groups in total. The van der Waals surface area contributed by atoms with Gasteiger partial charge in [0.05, 0.1) is 0 Å². The lowest BCUT2D eigenvalue weighted by Gasteiger charge is -2.18. The van der Waals surface area contributed by atoms with Crippen LogP contribution in [0.4, 0.5) is 10.2 Å². The molecule has 0 bridgehead atoms.